The van der Waals surface area contributed by atoms with E-state index in [0.29, 0.717) is 22.3 Å². The Morgan fingerprint density at radius 1 is 0.493 bits per heavy atom. The van der Waals surface area contributed by atoms with Gasteiger partial charge in [0.05, 0.1) is 56.1 Å². The molecule has 0 atom stereocenters. The lowest BCUT2D eigenvalue weighted by molar-refractivity contribution is -0.193. The predicted molar refractivity (Wildman–Crippen MR) is 247 cm³/mol. The zero-order chi connectivity index (χ0) is 47.7. The number of hydrogen-bond acceptors (Lipinski definition) is 12. The van der Waals surface area contributed by atoms with Gasteiger partial charge in [0.1, 0.15) is 0 Å². The minimum atomic E-state index is -0.925. The van der Waals surface area contributed by atoms with Crippen molar-refractivity contribution in [2.45, 2.75) is 32.6 Å². The number of allylic oxidation sites excluding steroid dienone is 1. The predicted octanol–water partition coefficient (Wildman–Crippen LogP) is 9.12. The molecule has 6 aromatic rings. The van der Waals surface area contributed by atoms with Crippen molar-refractivity contribution in [3.8, 4) is 22.3 Å². The van der Waals surface area contributed by atoms with Crippen LogP contribution in [-0.2, 0) is 57.9 Å². The molecule has 12 heteroatoms. The molecule has 0 saturated heterocycles. The Bertz CT molecular complexity index is 2910. The molecule has 0 saturated carbocycles. The maximum atomic E-state index is 13.3. The number of hydrogen-bond donors (Lipinski definition) is 0. The lowest BCUT2D eigenvalue weighted by Gasteiger charge is -2.31. The Morgan fingerprint density at radius 3 is 1.39 bits per heavy atom. The molecule has 0 heterocycles. The van der Waals surface area contributed by atoms with Crippen LogP contribution in [0.25, 0.3) is 33.4 Å². The van der Waals surface area contributed by atoms with Crippen LogP contribution in [-0.4, -0.2) is 64.6 Å². The minimum absolute atomic E-state index is 0. The van der Waals surface area contributed by atoms with Crippen LogP contribution >= 0.6 is 0 Å². The fraction of sp³-hybridized carbons (Fsp3) is 0.164. The summed E-state index contributed by atoms with van der Waals surface area (Å²) >= 11 is 0. The summed E-state index contributed by atoms with van der Waals surface area (Å²) in [6, 6.07) is 45.4. The first kappa shape index (κ1) is 49.5. The molecular weight excluding hydrogens is 853 g/mol. The summed E-state index contributed by atoms with van der Waals surface area (Å²) in [5.74, 6) is -2.05. The third-order valence-electron chi connectivity index (χ3n) is 11.9. The molecule has 0 fully saturated rings. The van der Waals surface area contributed by atoms with Gasteiger partial charge in [0.2, 0.25) is 0 Å². The topological polar surface area (TPSA) is 173 Å². The number of carbonyl (C=O) groups excluding carboxylic acids is 8. The molecule has 338 valence electrons. The number of methoxy groups -OCH3 is 4. The summed E-state index contributed by atoms with van der Waals surface area (Å²) in [4.78, 5) is 83.5. The first-order valence-corrected chi connectivity index (χ1v) is 20.3. The Balaban J connectivity index is 0.000000222. The zero-order valence-electron chi connectivity index (χ0n) is 36.8. The monoisotopic (exact) mass is 898 g/mol. The highest BCUT2D eigenvalue weighted by molar-refractivity contribution is 6.27. The summed E-state index contributed by atoms with van der Waals surface area (Å²) < 4.78 is 20.3. The van der Waals surface area contributed by atoms with Crippen LogP contribution in [0.2, 0.25) is 0 Å². The number of aryl methyl sites for hydroxylation is 1. The molecule has 0 radical (unpaired) electrons. The van der Waals surface area contributed by atoms with Gasteiger partial charge in [-0.2, -0.15) is 19.2 Å². The van der Waals surface area contributed by atoms with Crippen molar-refractivity contribution in [2.75, 3.05) is 28.4 Å². The van der Waals surface area contributed by atoms with Crippen molar-refractivity contribution in [1.29, 1.82) is 0 Å². The van der Waals surface area contributed by atoms with Crippen LogP contribution in [0.15, 0.2) is 151 Å². The number of carbonyl (C=O) groups is 4. The number of rotatable bonds is 6. The maximum absolute atomic E-state index is 13.3. The molecule has 3 aliphatic carbocycles. The second-order valence-electron chi connectivity index (χ2n) is 15.0. The Hall–Kier alpha value is -8.56. The standard InChI is InChI=1S/C26H20O4.C26H22O4.2CO2.CH4/c1-15-12-13-18-21(14-15)26(23(25(28)30-3)22(18)24(27)29-2)19-10-6-4-8-16(19)17-9-5-7-11-20(17)26;1-16(17-12-14-18(15-13-17)25(27)29-2)23(26(28)30-3)24-21-10-6-4-8-19(21)20-9-5-7-11-22(20)24;2*2-1-3;/h4-14H,1-3H3;4-15,24H,1-3H3;;;1H4. The van der Waals surface area contributed by atoms with Gasteiger partial charge in [-0.05, 0) is 92.8 Å². The molecule has 6 aromatic carbocycles. The smallest absolute Gasteiger partial charge is 0.373 e. The van der Waals surface area contributed by atoms with Crippen LogP contribution in [0, 0.1) is 6.92 Å². The van der Waals surface area contributed by atoms with E-state index in [-0.39, 0.29) is 37.2 Å². The molecule has 0 N–H and O–H groups in total. The molecule has 0 aliphatic heterocycles. The summed E-state index contributed by atoms with van der Waals surface area (Å²) in [5, 5.41) is 0. The van der Waals surface area contributed by atoms with Gasteiger partial charge in [-0.25, -0.2) is 19.2 Å². The molecule has 0 bridgehead atoms. The zero-order valence-corrected chi connectivity index (χ0v) is 36.8. The van der Waals surface area contributed by atoms with Crippen LogP contribution < -0.4 is 0 Å². The van der Waals surface area contributed by atoms with Crippen LogP contribution in [0.1, 0.15) is 75.1 Å². The lowest BCUT2D eigenvalue weighted by Crippen LogP contribution is -2.32. The van der Waals surface area contributed by atoms with Gasteiger partial charge in [0.25, 0.3) is 0 Å². The lowest BCUT2D eigenvalue weighted by atomic mass is 9.69. The van der Waals surface area contributed by atoms with E-state index in [1.165, 1.54) is 28.4 Å². The largest absolute Gasteiger partial charge is 0.466 e. The molecule has 0 aromatic heterocycles. The molecular formula is C55H46O12. The second kappa shape index (κ2) is 21.4. The highest BCUT2D eigenvalue weighted by Crippen LogP contribution is 2.62. The minimum Gasteiger partial charge on any atom is -0.466 e. The summed E-state index contributed by atoms with van der Waals surface area (Å²) in [7, 11) is 5.44. The number of fused-ring (bicyclic) bond motifs is 10. The van der Waals surface area contributed by atoms with E-state index in [1.807, 2.05) is 98.8 Å². The summed E-state index contributed by atoms with van der Waals surface area (Å²) in [6.45, 7) is 3.93. The Morgan fingerprint density at radius 2 is 0.925 bits per heavy atom. The van der Waals surface area contributed by atoms with Gasteiger partial charge >= 0.3 is 36.2 Å². The molecule has 0 unspecified atom stereocenters. The molecule has 67 heavy (non-hydrogen) atoms. The normalized spacial score (nSPS) is 12.8. The molecule has 1 spiro atoms. The van der Waals surface area contributed by atoms with Gasteiger partial charge in [-0.15, -0.1) is 0 Å². The highest BCUT2D eigenvalue weighted by atomic mass is 16.5. The average Bonchev–Trinajstić information content (AvgIpc) is 3.95. The average molecular weight is 899 g/mol. The summed E-state index contributed by atoms with van der Waals surface area (Å²) in [5.41, 5.74) is 13.5. The van der Waals surface area contributed by atoms with Crippen LogP contribution in [0.4, 0.5) is 0 Å². The Labute approximate surface area is 387 Å². The van der Waals surface area contributed by atoms with Crippen molar-refractivity contribution in [3.63, 3.8) is 0 Å². The number of benzene rings is 6. The van der Waals surface area contributed by atoms with Crippen LogP contribution in [0.5, 0.6) is 0 Å². The van der Waals surface area contributed by atoms with Crippen LogP contribution in [0.3, 0.4) is 0 Å². The van der Waals surface area contributed by atoms with E-state index in [0.717, 1.165) is 66.8 Å². The van der Waals surface area contributed by atoms with Gasteiger partial charge in [0, 0.05) is 5.92 Å². The van der Waals surface area contributed by atoms with E-state index in [2.05, 4.69) is 42.5 Å². The van der Waals surface area contributed by atoms with Gasteiger partial charge in [0.15, 0.2) is 0 Å². The first-order valence-electron chi connectivity index (χ1n) is 20.3. The van der Waals surface area contributed by atoms with E-state index in [4.69, 9.17) is 38.1 Å². The van der Waals surface area contributed by atoms with Crippen molar-refractivity contribution in [2.24, 2.45) is 0 Å². The number of esters is 4. The van der Waals surface area contributed by atoms with Crippen molar-refractivity contribution < 1.29 is 57.3 Å². The van der Waals surface area contributed by atoms with Gasteiger partial charge in [-0.1, -0.05) is 140 Å². The molecule has 12 nitrogen and oxygen atoms in total. The molecule has 9 rings (SSSR count). The third kappa shape index (κ3) is 8.70. The fourth-order valence-electron chi connectivity index (χ4n) is 9.30. The van der Waals surface area contributed by atoms with Gasteiger partial charge < -0.3 is 18.9 Å². The van der Waals surface area contributed by atoms with Crippen molar-refractivity contribution in [1.82, 2.24) is 0 Å². The fourth-order valence-corrected chi connectivity index (χ4v) is 9.30. The van der Waals surface area contributed by atoms with Crippen molar-refractivity contribution in [3.05, 3.63) is 201 Å². The SMILES string of the molecule is C.COC(=O)C(=C(C)c1ccc(C(=O)OC)cc1)C1c2ccccc2-c2ccccc21.COC(=O)C1=C(C(=O)OC)C2(c3cc(C)ccc31)c1ccccc1-c1ccccc12.O=C=O.O=C=O. The molecule has 0 amide bonds. The number of ether oxygens (including phenoxy) is 4. The first-order chi connectivity index (χ1) is 31.9. The van der Waals surface area contributed by atoms with E-state index in [9.17, 15) is 19.2 Å². The van der Waals surface area contributed by atoms with Crippen molar-refractivity contribution >= 4 is 47.3 Å². The third-order valence-corrected chi connectivity index (χ3v) is 11.9. The van der Waals surface area contributed by atoms with Gasteiger partial charge in [-0.3, -0.25) is 0 Å². The maximum Gasteiger partial charge on any atom is 0.373 e. The quantitative estimate of drug-likeness (QED) is 0.0883. The van der Waals surface area contributed by atoms with E-state index >= 15 is 0 Å². The second-order valence-corrected chi connectivity index (χ2v) is 15.0. The highest BCUT2D eigenvalue weighted by Gasteiger charge is 2.57. The van der Waals surface area contributed by atoms with E-state index < -0.39 is 23.3 Å². The molecule has 3 aliphatic rings. The van der Waals surface area contributed by atoms with E-state index in [1.54, 1.807) is 12.1 Å². The summed E-state index contributed by atoms with van der Waals surface area (Å²) in [6.07, 6.45) is 0.500. The Kier molecular flexibility index (Phi) is 15.8.